The van der Waals surface area contributed by atoms with Crippen molar-refractivity contribution in [2.45, 2.75) is 39.7 Å². The van der Waals surface area contributed by atoms with Crippen LogP contribution in [0.2, 0.25) is 0 Å². The van der Waals surface area contributed by atoms with Gasteiger partial charge in [0.05, 0.1) is 11.3 Å². The predicted molar refractivity (Wildman–Crippen MR) is 119 cm³/mol. The Kier molecular flexibility index (Phi) is 7.52. The number of rotatable bonds is 7. The van der Waals surface area contributed by atoms with Crippen LogP contribution >= 0.6 is 23.7 Å². The number of nitrogens with one attached hydrogen (secondary N) is 2. The summed E-state index contributed by atoms with van der Waals surface area (Å²) < 4.78 is 1.96. The van der Waals surface area contributed by atoms with Crippen LogP contribution in [-0.4, -0.2) is 44.0 Å². The van der Waals surface area contributed by atoms with Crippen LogP contribution in [0.5, 0.6) is 0 Å². The molecule has 0 aliphatic carbocycles. The van der Waals surface area contributed by atoms with E-state index in [9.17, 15) is 4.79 Å². The second kappa shape index (κ2) is 10.1. The number of aryl methyl sites for hydroxylation is 4. The lowest BCUT2D eigenvalue weighted by molar-refractivity contribution is 0.102. The zero-order chi connectivity index (χ0) is 20.2. The minimum absolute atomic E-state index is 0. The molecule has 1 aliphatic heterocycles. The van der Waals surface area contributed by atoms with Crippen molar-refractivity contribution in [1.29, 1.82) is 0 Å². The number of carbonyl (C=O) groups excluding carboxylic acids is 1. The molecule has 0 bridgehead atoms. The maximum Gasteiger partial charge on any atom is 0.259 e. The van der Waals surface area contributed by atoms with Crippen LogP contribution in [0.25, 0.3) is 0 Å². The molecule has 1 amide bonds. The summed E-state index contributed by atoms with van der Waals surface area (Å²) in [5, 5.41) is 20.3. The number of halogens is 1. The van der Waals surface area contributed by atoms with Crippen molar-refractivity contribution in [2.75, 3.05) is 18.4 Å². The summed E-state index contributed by atoms with van der Waals surface area (Å²) in [4.78, 5) is 16.8. The Balaban J connectivity index is 0.00000256. The maximum absolute atomic E-state index is 12.6. The molecular weight excluding hydrogens is 422 g/mol. The first-order valence-electron chi connectivity index (χ1n) is 9.86. The fourth-order valence-corrected chi connectivity index (χ4v) is 4.35. The van der Waals surface area contributed by atoms with Crippen LogP contribution < -0.4 is 10.6 Å². The van der Waals surface area contributed by atoms with E-state index in [-0.39, 0.29) is 18.3 Å². The molecule has 0 radical (unpaired) electrons. The molecule has 1 atom stereocenters. The predicted octanol–water partition coefficient (Wildman–Crippen LogP) is 2.82. The Morgan fingerprint density at radius 3 is 2.90 bits per heavy atom. The average molecular weight is 448 g/mol. The van der Waals surface area contributed by atoms with Crippen LogP contribution in [-0.2, 0) is 19.4 Å². The highest BCUT2D eigenvalue weighted by molar-refractivity contribution is 7.15. The van der Waals surface area contributed by atoms with Gasteiger partial charge in [0.15, 0.2) is 0 Å². The van der Waals surface area contributed by atoms with E-state index < -0.39 is 0 Å². The molecule has 0 saturated carbocycles. The van der Waals surface area contributed by atoms with E-state index >= 15 is 0 Å². The lowest BCUT2D eigenvalue weighted by Gasteiger charge is -2.09. The van der Waals surface area contributed by atoms with Crippen LogP contribution in [0.4, 0.5) is 5.13 Å². The van der Waals surface area contributed by atoms with Gasteiger partial charge in [0.2, 0.25) is 5.13 Å². The molecule has 4 rings (SSSR count). The van der Waals surface area contributed by atoms with Gasteiger partial charge >= 0.3 is 0 Å². The zero-order valence-electron chi connectivity index (χ0n) is 17.1. The lowest BCUT2D eigenvalue weighted by atomic mass is 9.99. The second-order valence-corrected chi connectivity index (χ2v) is 8.56. The van der Waals surface area contributed by atoms with Gasteiger partial charge in [-0.3, -0.25) is 19.8 Å². The van der Waals surface area contributed by atoms with Gasteiger partial charge in [-0.25, -0.2) is 0 Å². The van der Waals surface area contributed by atoms with E-state index in [0.29, 0.717) is 16.6 Å². The molecular formula is C20H26ClN7OS. The van der Waals surface area contributed by atoms with Gasteiger partial charge in [-0.1, -0.05) is 11.3 Å². The summed E-state index contributed by atoms with van der Waals surface area (Å²) in [5.74, 6) is 0.410. The molecule has 30 heavy (non-hydrogen) atoms. The van der Waals surface area contributed by atoms with Crippen molar-refractivity contribution in [2.24, 2.45) is 5.92 Å². The van der Waals surface area contributed by atoms with Crippen LogP contribution in [0, 0.1) is 19.8 Å². The van der Waals surface area contributed by atoms with E-state index in [1.165, 1.54) is 17.8 Å². The lowest BCUT2D eigenvalue weighted by Crippen LogP contribution is -2.14. The third kappa shape index (κ3) is 5.62. The fourth-order valence-electron chi connectivity index (χ4n) is 3.62. The Bertz CT molecular complexity index is 997. The number of nitrogens with zero attached hydrogens (tertiary/aromatic N) is 5. The average Bonchev–Trinajstić information content (AvgIpc) is 3.43. The Morgan fingerprint density at radius 1 is 1.30 bits per heavy atom. The molecule has 1 fully saturated rings. The SMILES string of the molecule is Cc1cc(C)n(CCc2nnc(NC(=O)c3cncc(CC4CCNC4)c3)s2)n1.Cl. The summed E-state index contributed by atoms with van der Waals surface area (Å²) in [6, 6.07) is 3.97. The number of amides is 1. The molecule has 3 aromatic rings. The first-order chi connectivity index (χ1) is 14.1. The smallest absolute Gasteiger partial charge is 0.259 e. The molecule has 3 aromatic heterocycles. The van der Waals surface area contributed by atoms with Crippen LogP contribution in [0.3, 0.4) is 0 Å². The van der Waals surface area contributed by atoms with E-state index in [2.05, 4.69) is 37.0 Å². The van der Waals surface area contributed by atoms with E-state index in [1.54, 1.807) is 6.20 Å². The summed E-state index contributed by atoms with van der Waals surface area (Å²) in [5.41, 5.74) is 3.77. The first kappa shape index (κ1) is 22.3. The molecule has 10 heteroatoms. The minimum Gasteiger partial charge on any atom is -0.316 e. The van der Waals surface area contributed by atoms with Gasteiger partial charge in [0.25, 0.3) is 5.91 Å². The van der Waals surface area contributed by atoms with Gasteiger partial charge in [-0.05, 0) is 63.4 Å². The van der Waals surface area contributed by atoms with E-state index in [1.807, 2.05) is 30.8 Å². The number of hydrogen-bond donors (Lipinski definition) is 2. The monoisotopic (exact) mass is 447 g/mol. The molecule has 0 spiro atoms. The minimum atomic E-state index is -0.204. The standard InChI is InChI=1S/C20H25N7OS.ClH/c1-13-7-14(2)27(26-13)6-4-18-24-25-20(29-18)23-19(28)17-9-16(11-22-12-17)8-15-3-5-21-10-15;/h7,9,11-12,15,21H,3-6,8,10H2,1-2H3,(H,23,25,28);1H. The molecule has 0 aromatic carbocycles. The van der Waals surface area contributed by atoms with Crippen LogP contribution in [0.1, 0.15) is 38.7 Å². The highest BCUT2D eigenvalue weighted by atomic mass is 35.5. The van der Waals surface area contributed by atoms with Crippen molar-refractivity contribution in [3.05, 3.63) is 52.0 Å². The fraction of sp³-hybridized carbons (Fsp3) is 0.450. The summed E-state index contributed by atoms with van der Waals surface area (Å²) in [6.07, 6.45) is 6.27. The van der Waals surface area contributed by atoms with E-state index in [0.717, 1.165) is 54.4 Å². The number of carbonyl (C=O) groups is 1. The maximum atomic E-state index is 12.6. The number of aromatic nitrogens is 5. The van der Waals surface area contributed by atoms with Crippen molar-refractivity contribution in [1.82, 2.24) is 30.3 Å². The van der Waals surface area contributed by atoms with E-state index in [4.69, 9.17) is 0 Å². The Labute approximate surface area is 185 Å². The third-order valence-corrected chi connectivity index (χ3v) is 5.97. The largest absolute Gasteiger partial charge is 0.316 e. The first-order valence-corrected chi connectivity index (χ1v) is 10.7. The number of anilines is 1. The van der Waals surface area contributed by atoms with Gasteiger partial charge in [0.1, 0.15) is 5.01 Å². The topological polar surface area (TPSA) is 97.6 Å². The second-order valence-electron chi connectivity index (χ2n) is 7.50. The van der Waals surface area contributed by atoms with Gasteiger partial charge < -0.3 is 5.32 Å². The molecule has 2 N–H and O–H groups in total. The number of pyridine rings is 1. The molecule has 1 unspecified atom stereocenters. The van der Waals surface area contributed by atoms with Gasteiger partial charge in [0, 0.05) is 31.1 Å². The van der Waals surface area contributed by atoms with Crippen molar-refractivity contribution in [3.63, 3.8) is 0 Å². The Morgan fingerprint density at radius 2 is 2.17 bits per heavy atom. The summed E-state index contributed by atoms with van der Waals surface area (Å²) >= 11 is 1.39. The third-order valence-electron chi connectivity index (χ3n) is 5.07. The van der Waals surface area contributed by atoms with Crippen LogP contribution in [0.15, 0.2) is 24.5 Å². The molecule has 1 saturated heterocycles. The highest BCUT2D eigenvalue weighted by Gasteiger charge is 2.17. The molecule has 8 nitrogen and oxygen atoms in total. The Hall–Kier alpha value is -2.36. The summed E-state index contributed by atoms with van der Waals surface area (Å²) in [7, 11) is 0. The normalized spacial score (nSPS) is 15.7. The quantitative estimate of drug-likeness (QED) is 0.578. The van der Waals surface area contributed by atoms with Crippen molar-refractivity contribution >= 4 is 34.8 Å². The molecule has 4 heterocycles. The number of hydrogen-bond acceptors (Lipinski definition) is 7. The van der Waals surface area contributed by atoms with Crippen molar-refractivity contribution < 1.29 is 4.79 Å². The van der Waals surface area contributed by atoms with Gasteiger partial charge in [-0.15, -0.1) is 22.6 Å². The molecule has 1 aliphatic rings. The highest BCUT2D eigenvalue weighted by Crippen LogP contribution is 2.19. The van der Waals surface area contributed by atoms with Crippen molar-refractivity contribution in [3.8, 4) is 0 Å². The zero-order valence-corrected chi connectivity index (χ0v) is 18.7. The molecule has 160 valence electrons. The summed E-state index contributed by atoms with van der Waals surface area (Å²) in [6.45, 7) is 6.86. The van der Waals surface area contributed by atoms with Gasteiger partial charge in [-0.2, -0.15) is 5.10 Å².